The van der Waals surface area contributed by atoms with Crippen molar-refractivity contribution in [2.75, 3.05) is 0 Å². The predicted molar refractivity (Wildman–Crippen MR) is 81.8 cm³/mol. The summed E-state index contributed by atoms with van der Waals surface area (Å²) in [5.74, 6) is 0.215. The van der Waals surface area contributed by atoms with Crippen molar-refractivity contribution in [3.05, 3.63) is 47.5 Å². The van der Waals surface area contributed by atoms with E-state index in [0.717, 1.165) is 12.0 Å². The first kappa shape index (κ1) is 13.3. The molecule has 110 valence electrons. The topological polar surface area (TPSA) is 37.3 Å². The molecule has 2 fully saturated rings. The number of hydrogen-bond donors (Lipinski definition) is 1. The fourth-order valence-corrected chi connectivity index (χ4v) is 5.82. The minimum atomic E-state index is -0.915. The van der Waals surface area contributed by atoms with Crippen LogP contribution in [0, 0.1) is 16.7 Å². The lowest BCUT2D eigenvalue weighted by atomic mass is 9.66. The van der Waals surface area contributed by atoms with Crippen LogP contribution < -0.4 is 0 Å². The highest BCUT2D eigenvalue weighted by Crippen LogP contribution is 2.74. The number of Topliss-reactive ketones (excluding diaryl/α,β-unsaturated/α-hetero) is 1. The molecule has 1 N–H and O–H groups in total. The minimum absolute atomic E-state index is 0.226. The second-order valence-corrected chi connectivity index (χ2v) is 7.74. The molecule has 0 unspecified atom stereocenters. The molecule has 0 aliphatic heterocycles. The number of ketones is 1. The summed E-state index contributed by atoms with van der Waals surface area (Å²) in [6.45, 7) is 6.27. The van der Waals surface area contributed by atoms with E-state index in [0.29, 0.717) is 6.42 Å². The van der Waals surface area contributed by atoms with E-state index in [1.165, 1.54) is 5.56 Å². The largest absolute Gasteiger partial charge is 0.387 e. The Morgan fingerprint density at radius 3 is 2.52 bits per heavy atom. The Balaban J connectivity index is 1.93. The van der Waals surface area contributed by atoms with Gasteiger partial charge in [0.15, 0.2) is 0 Å². The third kappa shape index (κ3) is 1.27. The summed E-state index contributed by atoms with van der Waals surface area (Å²) in [5.41, 5.74) is 0.778. The zero-order chi connectivity index (χ0) is 15.0. The van der Waals surface area contributed by atoms with E-state index in [-0.39, 0.29) is 28.4 Å². The SMILES string of the molecule is CC1=C[C@@]2(C)[C@H](c3ccccc3)C[C@@]3(C)CC(=O)[C@@H]1[C@]32O. The van der Waals surface area contributed by atoms with Crippen molar-refractivity contribution in [3.8, 4) is 0 Å². The number of rotatable bonds is 1. The summed E-state index contributed by atoms with van der Waals surface area (Å²) < 4.78 is 0. The lowest BCUT2D eigenvalue weighted by molar-refractivity contribution is -0.127. The summed E-state index contributed by atoms with van der Waals surface area (Å²) >= 11 is 0. The van der Waals surface area contributed by atoms with Crippen molar-refractivity contribution < 1.29 is 9.90 Å². The zero-order valence-corrected chi connectivity index (χ0v) is 12.9. The van der Waals surface area contributed by atoms with Crippen molar-refractivity contribution in [2.24, 2.45) is 16.7 Å². The van der Waals surface area contributed by atoms with E-state index >= 15 is 0 Å². The molecule has 3 aliphatic carbocycles. The highest BCUT2D eigenvalue weighted by atomic mass is 16.3. The molecule has 1 aromatic carbocycles. The highest BCUT2D eigenvalue weighted by Gasteiger charge is 2.77. The molecule has 2 nitrogen and oxygen atoms in total. The van der Waals surface area contributed by atoms with Crippen LogP contribution in [0.2, 0.25) is 0 Å². The second-order valence-electron chi connectivity index (χ2n) is 7.74. The zero-order valence-electron chi connectivity index (χ0n) is 12.9. The monoisotopic (exact) mass is 282 g/mol. The van der Waals surface area contributed by atoms with Crippen LogP contribution in [0.1, 0.15) is 45.1 Å². The van der Waals surface area contributed by atoms with Crippen LogP contribution in [0.4, 0.5) is 0 Å². The van der Waals surface area contributed by atoms with Crippen LogP contribution in [0.3, 0.4) is 0 Å². The normalized spacial score (nSPS) is 47.6. The Labute approximate surface area is 125 Å². The number of carbonyl (C=O) groups is 1. The van der Waals surface area contributed by atoms with E-state index in [9.17, 15) is 9.90 Å². The first-order valence-corrected chi connectivity index (χ1v) is 7.83. The van der Waals surface area contributed by atoms with Gasteiger partial charge in [-0.1, -0.05) is 55.8 Å². The Morgan fingerprint density at radius 1 is 1.19 bits per heavy atom. The van der Waals surface area contributed by atoms with Crippen LogP contribution in [0.5, 0.6) is 0 Å². The molecule has 0 amide bonds. The lowest BCUT2D eigenvalue weighted by Gasteiger charge is -2.42. The quantitative estimate of drug-likeness (QED) is 0.801. The number of hydrogen-bond acceptors (Lipinski definition) is 2. The first-order valence-electron chi connectivity index (χ1n) is 7.83. The van der Waals surface area contributed by atoms with Crippen molar-refractivity contribution in [1.29, 1.82) is 0 Å². The predicted octanol–water partition coefficient (Wildman–Crippen LogP) is 3.47. The van der Waals surface area contributed by atoms with Gasteiger partial charge in [0.2, 0.25) is 0 Å². The number of benzene rings is 1. The Bertz CT molecular complexity index is 661. The van der Waals surface area contributed by atoms with Gasteiger partial charge in [0.25, 0.3) is 0 Å². The molecule has 3 aliphatic rings. The van der Waals surface area contributed by atoms with Crippen LogP contribution in [-0.2, 0) is 4.79 Å². The van der Waals surface area contributed by atoms with E-state index in [2.05, 4.69) is 44.2 Å². The number of carbonyl (C=O) groups excluding carboxylic acids is 1. The maximum Gasteiger partial charge on any atom is 0.143 e. The molecule has 21 heavy (non-hydrogen) atoms. The molecule has 0 bridgehead atoms. The Morgan fingerprint density at radius 2 is 1.86 bits per heavy atom. The fraction of sp³-hybridized carbons (Fsp3) is 0.526. The lowest BCUT2D eigenvalue weighted by Crippen LogP contribution is -2.50. The van der Waals surface area contributed by atoms with Gasteiger partial charge in [-0.05, 0) is 24.8 Å². The molecule has 0 spiro atoms. The molecule has 5 atom stereocenters. The molecule has 1 aromatic rings. The average Bonchev–Trinajstić information content (AvgIpc) is 2.85. The van der Waals surface area contributed by atoms with Gasteiger partial charge in [-0.25, -0.2) is 0 Å². The van der Waals surface area contributed by atoms with Gasteiger partial charge >= 0.3 is 0 Å². The minimum Gasteiger partial charge on any atom is -0.387 e. The van der Waals surface area contributed by atoms with Crippen molar-refractivity contribution >= 4 is 5.78 Å². The molecular weight excluding hydrogens is 260 g/mol. The average molecular weight is 282 g/mol. The molecule has 2 saturated carbocycles. The van der Waals surface area contributed by atoms with Crippen molar-refractivity contribution in [2.45, 2.75) is 45.1 Å². The smallest absolute Gasteiger partial charge is 0.143 e. The van der Waals surface area contributed by atoms with E-state index in [1.807, 2.05) is 13.0 Å². The van der Waals surface area contributed by atoms with Gasteiger partial charge in [0, 0.05) is 17.3 Å². The third-order valence-electron chi connectivity index (χ3n) is 6.61. The molecule has 2 heteroatoms. The van der Waals surface area contributed by atoms with Crippen LogP contribution in [0.25, 0.3) is 0 Å². The summed E-state index contributed by atoms with van der Waals surface area (Å²) in [4.78, 5) is 12.5. The molecular formula is C19H22O2. The Hall–Kier alpha value is -1.41. The maximum atomic E-state index is 12.5. The van der Waals surface area contributed by atoms with Gasteiger partial charge in [-0.3, -0.25) is 4.79 Å². The van der Waals surface area contributed by atoms with Gasteiger partial charge in [-0.2, -0.15) is 0 Å². The summed E-state index contributed by atoms with van der Waals surface area (Å²) in [6, 6.07) is 10.5. The molecule has 0 saturated heterocycles. The maximum absolute atomic E-state index is 12.5. The Kier molecular flexibility index (Phi) is 2.32. The van der Waals surface area contributed by atoms with Gasteiger partial charge in [0.1, 0.15) is 5.78 Å². The van der Waals surface area contributed by atoms with Gasteiger partial charge in [0.05, 0.1) is 11.5 Å². The van der Waals surface area contributed by atoms with Gasteiger partial charge < -0.3 is 5.11 Å². The summed E-state index contributed by atoms with van der Waals surface area (Å²) in [5, 5.41) is 11.6. The van der Waals surface area contributed by atoms with E-state index in [4.69, 9.17) is 0 Å². The standard InChI is InChI=1S/C19H22O2/c1-12-9-18(3)14(13-7-5-4-6-8-13)10-17(2)11-15(20)16(12)19(17,18)21/h4-9,14,16,21H,10-11H2,1-3H3/t14-,16+,17-,18-,19-/m0/s1. The van der Waals surface area contributed by atoms with E-state index in [1.54, 1.807) is 0 Å². The first-order chi connectivity index (χ1) is 9.83. The third-order valence-corrected chi connectivity index (χ3v) is 6.61. The highest BCUT2D eigenvalue weighted by molar-refractivity contribution is 5.91. The number of aliphatic hydroxyl groups is 1. The van der Waals surface area contributed by atoms with E-state index < -0.39 is 5.60 Å². The summed E-state index contributed by atoms with van der Waals surface area (Å²) in [6.07, 6.45) is 3.59. The fourth-order valence-electron chi connectivity index (χ4n) is 5.82. The second kappa shape index (κ2) is 3.67. The molecule has 0 radical (unpaired) electrons. The molecule has 4 rings (SSSR count). The molecule has 0 heterocycles. The summed E-state index contributed by atoms with van der Waals surface area (Å²) in [7, 11) is 0. The van der Waals surface area contributed by atoms with Gasteiger partial charge in [-0.15, -0.1) is 0 Å². The van der Waals surface area contributed by atoms with Crippen molar-refractivity contribution in [1.82, 2.24) is 0 Å². The van der Waals surface area contributed by atoms with Crippen LogP contribution in [0.15, 0.2) is 42.0 Å². The van der Waals surface area contributed by atoms with Crippen molar-refractivity contribution in [3.63, 3.8) is 0 Å². The molecule has 0 aromatic heterocycles. The van der Waals surface area contributed by atoms with Crippen LogP contribution in [-0.4, -0.2) is 16.5 Å². The van der Waals surface area contributed by atoms with Crippen LogP contribution >= 0.6 is 0 Å².